The van der Waals surface area contributed by atoms with Gasteiger partial charge in [0.15, 0.2) is 0 Å². The third-order valence-corrected chi connectivity index (χ3v) is 2.75. The molecule has 0 aliphatic heterocycles. The van der Waals surface area contributed by atoms with Crippen molar-refractivity contribution < 1.29 is 9.18 Å². The highest BCUT2D eigenvalue weighted by Gasteiger charge is 2.23. The second-order valence-corrected chi connectivity index (χ2v) is 4.14. The Labute approximate surface area is 114 Å². The Morgan fingerprint density at radius 2 is 2.37 bits per heavy atom. The molecule has 8 heteroatoms. The van der Waals surface area contributed by atoms with E-state index in [2.05, 4.69) is 15.3 Å². The van der Waals surface area contributed by atoms with Crippen molar-refractivity contribution in [2.24, 2.45) is 10.8 Å². The van der Waals surface area contributed by atoms with Gasteiger partial charge in [0, 0.05) is 22.0 Å². The van der Waals surface area contributed by atoms with Crippen LogP contribution in [0.3, 0.4) is 0 Å². The number of hydrogen-bond donors (Lipinski definition) is 2. The van der Waals surface area contributed by atoms with Gasteiger partial charge in [-0.05, 0) is 30.6 Å². The molecule has 0 heterocycles. The van der Waals surface area contributed by atoms with Crippen LogP contribution >= 0.6 is 11.6 Å². The van der Waals surface area contributed by atoms with Crippen molar-refractivity contribution in [3.05, 3.63) is 45.0 Å². The monoisotopic (exact) mass is 285 g/mol. The number of benzene rings is 1. The van der Waals surface area contributed by atoms with E-state index in [0.717, 1.165) is 0 Å². The van der Waals surface area contributed by atoms with E-state index in [1.54, 1.807) is 0 Å². The van der Waals surface area contributed by atoms with Crippen molar-refractivity contribution in [2.45, 2.75) is 12.5 Å². The van der Waals surface area contributed by atoms with E-state index in [-0.39, 0.29) is 17.1 Å². The highest BCUT2D eigenvalue weighted by Crippen LogP contribution is 2.25. The molecule has 0 aliphatic carbocycles. The van der Waals surface area contributed by atoms with E-state index in [1.807, 2.05) is 0 Å². The van der Waals surface area contributed by atoms with Gasteiger partial charge in [-0.2, -0.15) is 0 Å². The molecule has 0 saturated carbocycles. The Kier molecular flexibility index (Phi) is 6.08. The molecule has 1 atom stereocenters. The minimum absolute atomic E-state index is 0.0282. The molecule has 0 radical (unpaired) electrons. The molecule has 19 heavy (non-hydrogen) atoms. The van der Waals surface area contributed by atoms with Gasteiger partial charge in [0.05, 0.1) is 0 Å². The molecular formula is C11H13ClFN5O. The molecule has 1 amide bonds. The van der Waals surface area contributed by atoms with Crippen LogP contribution < -0.4 is 11.1 Å². The standard InChI is InChI=1S/C11H13ClFN5O/c12-7-3-1-4-8(13)9(7)10(11(14)19)16-5-2-6-17-18-15/h1,3-4,10,16H,2,5-6H2,(H2,14,19). The smallest absolute Gasteiger partial charge is 0.239 e. The second kappa shape index (κ2) is 7.58. The fourth-order valence-electron chi connectivity index (χ4n) is 1.57. The lowest BCUT2D eigenvalue weighted by atomic mass is 10.1. The van der Waals surface area contributed by atoms with Gasteiger partial charge >= 0.3 is 0 Å². The summed E-state index contributed by atoms with van der Waals surface area (Å²) in [6, 6.07) is 3.12. The van der Waals surface area contributed by atoms with Crippen molar-refractivity contribution in [3.8, 4) is 0 Å². The number of nitrogens with two attached hydrogens (primary N) is 1. The van der Waals surface area contributed by atoms with E-state index in [9.17, 15) is 9.18 Å². The van der Waals surface area contributed by atoms with Crippen LogP contribution in [0.25, 0.3) is 10.4 Å². The number of amides is 1. The van der Waals surface area contributed by atoms with Gasteiger partial charge in [0.2, 0.25) is 5.91 Å². The number of rotatable bonds is 7. The first-order valence-electron chi connectivity index (χ1n) is 5.55. The molecule has 0 saturated heterocycles. The summed E-state index contributed by atoms with van der Waals surface area (Å²) < 4.78 is 13.7. The highest BCUT2D eigenvalue weighted by molar-refractivity contribution is 6.31. The minimum atomic E-state index is -1.01. The summed E-state index contributed by atoms with van der Waals surface area (Å²) in [7, 11) is 0. The maximum atomic E-state index is 13.7. The van der Waals surface area contributed by atoms with Gasteiger partial charge in [0.25, 0.3) is 0 Å². The normalized spacial score (nSPS) is 11.7. The van der Waals surface area contributed by atoms with Crippen LogP contribution in [-0.4, -0.2) is 19.0 Å². The van der Waals surface area contributed by atoms with Crippen LogP contribution in [0, 0.1) is 5.82 Å². The second-order valence-electron chi connectivity index (χ2n) is 3.73. The molecule has 0 bridgehead atoms. The zero-order valence-electron chi connectivity index (χ0n) is 10.0. The minimum Gasteiger partial charge on any atom is -0.368 e. The molecule has 0 spiro atoms. The van der Waals surface area contributed by atoms with Crippen molar-refractivity contribution in [2.75, 3.05) is 13.1 Å². The Morgan fingerprint density at radius 1 is 1.63 bits per heavy atom. The first kappa shape index (κ1) is 15.2. The first-order valence-corrected chi connectivity index (χ1v) is 5.93. The molecule has 1 aromatic carbocycles. The van der Waals surface area contributed by atoms with Crippen molar-refractivity contribution in [3.63, 3.8) is 0 Å². The van der Waals surface area contributed by atoms with Crippen LogP contribution in [0.1, 0.15) is 18.0 Å². The van der Waals surface area contributed by atoms with Gasteiger partial charge in [-0.15, -0.1) is 0 Å². The predicted molar refractivity (Wildman–Crippen MR) is 70.0 cm³/mol. The molecule has 0 fully saturated rings. The summed E-state index contributed by atoms with van der Waals surface area (Å²) in [4.78, 5) is 14.0. The summed E-state index contributed by atoms with van der Waals surface area (Å²) in [6.07, 6.45) is 0.500. The molecule has 102 valence electrons. The van der Waals surface area contributed by atoms with Crippen LogP contribution in [-0.2, 0) is 4.79 Å². The maximum absolute atomic E-state index is 13.7. The first-order chi connectivity index (χ1) is 9.07. The van der Waals surface area contributed by atoms with Crippen LogP contribution in [0.2, 0.25) is 5.02 Å². The molecule has 1 aromatic rings. The summed E-state index contributed by atoms with van der Waals surface area (Å²) in [5.41, 5.74) is 13.4. The zero-order valence-corrected chi connectivity index (χ0v) is 10.8. The summed E-state index contributed by atoms with van der Waals surface area (Å²) in [6.45, 7) is 0.622. The maximum Gasteiger partial charge on any atom is 0.239 e. The van der Waals surface area contributed by atoms with E-state index in [0.29, 0.717) is 13.0 Å². The van der Waals surface area contributed by atoms with Crippen molar-refractivity contribution in [1.29, 1.82) is 0 Å². The highest BCUT2D eigenvalue weighted by atomic mass is 35.5. The molecule has 6 nitrogen and oxygen atoms in total. The van der Waals surface area contributed by atoms with Crippen LogP contribution in [0.4, 0.5) is 4.39 Å². The largest absolute Gasteiger partial charge is 0.368 e. The summed E-state index contributed by atoms with van der Waals surface area (Å²) in [5.74, 6) is -1.32. The fourth-order valence-corrected chi connectivity index (χ4v) is 1.84. The van der Waals surface area contributed by atoms with Crippen LogP contribution in [0.5, 0.6) is 0 Å². The Bertz CT molecular complexity index is 484. The number of hydrogen-bond acceptors (Lipinski definition) is 3. The third-order valence-electron chi connectivity index (χ3n) is 2.42. The quantitative estimate of drug-likeness (QED) is 0.347. The number of primary amides is 1. The number of azide groups is 1. The lowest BCUT2D eigenvalue weighted by molar-refractivity contribution is -0.120. The number of carbonyl (C=O) groups is 1. The molecule has 0 aliphatic rings. The SMILES string of the molecule is [N-]=[N+]=NCCCNC(C(N)=O)c1c(F)cccc1Cl. The van der Waals surface area contributed by atoms with E-state index in [1.165, 1.54) is 18.2 Å². The van der Waals surface area contributed by atoms with E-state index >= 15 is 0 Å². The van der Waals surface area contributed by atoms with Crippen molar-refractivity contribution >= 4 is 17.5 Å². The van der Waals surface area contributed by atoms with Gasteiger partial charge in [0.1, 0.15) is 11.9 Å². The number of carbonyl (C=O) groups excluding carboxylic acids is 1. The van der Waals surface area contributed by atoms with E-state index < -0.39 is 17.8 Å². The molecule has 1 rings (SSSR count). The molecule has 0 aromatic heterocycles. The van der Waals surface area contributed by atoms with Gasteiger partial charge < -0.3 is 11.1 Å². The zero-order chi connectivity index (χ0) is 14.3. The Morgan fingerprint density at radius 3 is 2.95 bits per heavy atom. The molecular weight excluding hydrogens is 273 g/mol. The van der Waals surface area contributed by atoms with Crippen LogP contribution in [0.15, 0.2) is 23.3 Å². The fraction of sp³-hybridized carbons (Fsp3) is 0.364. The van der Waals surface area contributed by atoms with Gasteiger partial charge in [-0.1, -0.05) is 22.8 Å². The number of nitrogens with one attached hydrogen (secondary N) is 1. The molecule has 1 unspecified atom stereocenters. The lowest BCUT2D eigenvalue weighted by Crippen LogP contribution is -2.35. The summed E-state index contributed by atoms with van der Waals surface area (Å²) >= 11 is 5.88. The third kappa shape index (κ3) is 4.40. The van der Waals surface area contributed by atoms with Crippen molar-refractivity contribution in [1.82, 2.24) is 5.32 Å². The average molecular weight is 286 g/mol. The summed E-state index contributed by atoms with van der Waals surface area (Å²) in [5, 5.41) is 6.27. The van der Waals surface area contributed by atoms with Gasteiger partial charge in [-0.25, -0.2) is 4.39 Å². The van der Waals surface area contributed by atoms with Gasteiger partial charge in [-0.3, -0.25) is 4.79 Å². The molecule has 3 N–H and O–H groups in total. The Hall–Kier alpha value is -1.82. The number of nitrogens with zero attached hydrogens (tertiary/aromatic N) is 3. The lowest BCUT2D eigenvalue weighted by Gasteiger charge is -2.17. The Balaban J connectivity index is 2.78. The average Bonchev–Trinajstić information content (AvgIpc) is 2.35. The van der Waals surface area contributed by atoms with E-state index in [4.69, 9.17) is 22.9 Å². The predicted octanol–water partition coefficient (Wildman–Crippen LogP) is 2.30. The topological polar surface area (TPSA) is 104 Å². The number of halogens is 2.